The van der Waals surface area contributed by atoms with Crippen molar-refractivity contribution in [3.63, 3.8) is 0 Å². The van der Waals surface area contributed by atoms with Crippen molar-refractivity contribution in [1.82, 2.24) is 16.0 Å². The first-order valence-electron chi connectivity index (χ1n) is 8.92. The predicted octanol–water partition coefficient (Wildman–Crippen LogP) is -3.91. The minimum Gasteiger partial charge on any atom is -0.481 e. The van der Waals surface area contributed by atoms with Gasteiger partial charge in [-0.05, 0) is 12.8 Å². The summed E-state index contributed by atoms with van der Waals surface area (Å²) in [7, 11) is 0. The predicted molar refractivity (Wildman–Crippen MR) is 100 cm³/mol. The molecule has 0 aromatic rings. The standard InChI is InChI=1S/C16H25N5O10/c17-6-11(23)19-9(5-10(18)22)15(29)20-7(1-3-12(24)25)14(28)21-8(16(30)31)2-4-13(26)27/h7-9H,1-6,17H2,(H2,18,22)(H,19,23)(H,20,29)(H,21,28)(H,24,25)(H,26,27)(H,30,31). The van der Waals surface area contributed by atoms with Crippen molar-refractivity contribution in [2.45, 2.75) is 50.2 Å². The molecule has 0 aliphatic carbocycles. The van der Waals surface area contributed by atoms with E-state index in [1.54, 1.807) is 0 Å². The molecule has 15 nitrogen and oxygen atoms in total. The molecule has 0 rings (SSSR count). The molecular weight excluding hydrogens is 422 g/mol. The maximum absolute atomic E-state index is 12.4. The van der Waals surface area contributed by atoms with Crippen molar-refractivity contribution in [2.24, 2.45) is 11.5 Å². The van der Waals surface area contributed by atoms with Gasteiger partial charge in [0.2, 0.25) is 23.6 Å². The van der Waals surface area contributed by atoms with Gasteiger partial charge in [-0.3, -0.25) is 28.8 Å². The average molecular weight is 447 g/mol. The Kier molecular flexibility index (Phi) is 11.8. The van der Waals surface area contributed by atoms with Crippen molar-refractivity contribution >= 4 is 41.5 Å². The minimum atomic E-state index is -1.62. The summed E-state index contributed by atoms with van der Waals surface area (Å²) in [6.45, 7) is -0.519. The van der Waals surface area contributed by atoms with E-state index in [0.29, 0.717) is 0 Å². The molecule has 0 aliphatic heterocycles. The monoisotopic (exact) mass is 447 g/mol. The zero-order chi connectivity index (χ0) is 24.1. The fourth-order valence-electron chi connectivity index (χ4n) is 2.27. The first kappa shape index (κ1) is 27.2. The van der Waals surface area contributed by atoms with Gasteiger partial charge in [0.05, 0.1) is 13.0 Å². The lowest BCUT2D eigenvalue weighted by atomic mass is 10.1. The van der Waals surface area contributed by atoms with E-state index >= 15 is 0 Å². The van der Waals surface area contributed by atoms with Crippen molar-refractivity contribution in [2.75, 3.05) is 6.54 Å². The lowest BCUT2D eigenvalue weighted by molar-refractivity contribution is -0.144. The summed E-state index contributed by atoms with van der Waals surface area (Å²) >= 11 is 0. The highest BCUT2D eigenvalue weighted by Gasteiger charge is 2.30. The first-order chi connectivity index (χ1) is 14.4. The van der Waals surface area contributed by atoms with E-state index in [-0.39, 0.29) is 0 Å². The molecule has 0 spiro atoms. The SMILES string of the molecule is NCC(=O)NC(CC(N)=O)C(=O)NC(CCC(=O)O)C(=O)NC(CCC(=O)O)C(=O)O. The fourth-order valence-corrected chi connectivity index (χ4v) is 2.27. The van der Waals surface area contributed by atoms with Crippen LogP contribution in [0.5, 0.6) is 0 Å². The van der Waals surface area contributed by atoms with Crippen LogP contribution in [0.15, 0.2) is 0 Å². The summed E-state index contributed by atoms with van der Waals surface area (Å²) in [5, 5.41) is 32.9. The molecule has 3 unspecified atom stereocenters. The molecular formula is C16H25N5O10. The van der Waals surface area contributed by atoms with Crippen LogP contribution in [0.1, 0.15) is 32.1 Å². The molecule has 4 amide bonds. The van der Waals surface area contributed by atoms with E-state index in [1.165, 1.54) is 0 Å². The molecule has 0 bridgehead atoms. The number of primary amides is 1. The number of carbonyl (C=O) groups is 7. The summed E-state index contributed by atoms with van der Waals surface area (Å²) in [5.41, 5.74) is 10.2. The van der Waals surface area contributed by atoms with Gasteiger partial charge in [-0.25, -0.2) is 4.79 Å². The van der Waals surface area contributed by atoms with Crippen molar-refractivity contribution in [1.29, 1.82) is 0 Å². The quantitative estimate of drug-likeness (QED) is 0.120. The van der Waals surface area contributed by atoms with Crippen LogP contribution in [0.3, 0.4) is 0 Å². The average Bonchev–Trinajstić information content (AvgIpc) is 2.66. The van der Waals surface area contributed by atoms with Crippen LogP contribution in [-0.4, -0.2) is 81.5 Å². The number of nitrogens with one attached hydrogen (secondary N) is 3. The van der Waals surface area contributed by atoms with Gasteiger partial charge in [-0.1, -0.05) is 0 Å². The zero-order valence-corrected chi connectivity index (χ0v) is 16.3. The summed E-state index contributed by atoms with van der Waals surface area (Å²) in [6.07, 6.45) is -2.75. The van der Waals surface area contributed by atoms with Gasteiger partial charge in [0, 0.05) is 12.8 Å². The van der Waals surface area contributed by atoms with Gasteiger partial charge in [-0.2, -0.15) is 0 Å². The molecule has 0 saturated carbocycles. The number of rotatable bonds is 15. The van der Waals surface area contributed by atoms with Gasteiger partial charge in [0.25, 0.3) is 0 Å². The highest BCUT2D eigenvalue weighted by atomic mass is 16.4. The molecule has 0 aromatic carbocycles. The molecule has 31 heavy (non-hydrogen) atoms. The third-order valence-electron chi connectivity index (χ3n) is 3.78. The third-order valence-corrected chi connectivity index (χ3v) is 3.78. The van der Waals surface area contributed by atoms with E-state index in [1.807, 2.05) is 5.32 Å². The van der Waals surface area contributed by atoms with E-state index in [9.17, 15) is 33.6 Å². The molecule has 174 valence electrons. The summed E-state index contributed by atoms with van der Waals surface area (Å²) in [6, 6.07) is -4.71. The maximum atomic E-state index is 12.4. The van der Waals surface area contributed by atoms with Gasteiger partial charge < -0.3 is 42.7 Å². The van der Waals surface area contributed by atoms with Crippen LogP contribution in [0.25, 0.3) is 0 Å². The second kappa shape index (κ2) is 13.5. The van der Waals surface area contributed by atoms with Crippen LogP contribution in [-0.2, 0) is 33.6 Å². The Morgan fingerprint density at radius 2 is 1.16 bits per heavy atom. The van der Waals surface area contributed by atoms with E-state index in [0.717, 1.165) is 0 Å². The molecule has 0 aliphatic rings. The number of carboxylic acid groups (broad SMARTS) is 3. The van der Waals surface area contributed by atoms with Gasteiger partial charge in [0.1, 0.15) is 18.1 Å². The molecule has 0 radical (unpaired) electrons. The zero-order valence-electron chi connectivity index (χ0n) is 16.3. The van der Waals surface area contributed by atoms with E-state index < -0.39 is 98.3 Å². The van der Waals surface area contributed by atoms with Crippen LogP contribution in [0.4, 0.5) is 0 Å². The number of aliphatic carboxylic acids is 3. The second-order valence-corrected chi connectivity index (χ2v) is 6.32. The van der Waals surface area contributed by atoms with Crippen LogP contribution < -0.4 is 27.4 Å². The number of amides is 4. The summed E-state index contributed by atoms with van der Waals surface area (Å²) in [4.78, 5) is 80.2. The van der Waals surface area contributed by atoms with Crippen molar-refractivity contribution < 1.29 is 48.9 Å². The first-order valence-corrected chi connectivity index (χ1v) is 8.92. The maximum Gasteiger partial charge on any atom is 0.326 e. The minimum absolute atomic E-state index is 0.465. The molecule has 0 saturated heterocycles. The summed E-state index contributed by atoms with van der Waals surface area (Å²) < 4.78 is 0. The third kappa shape index (κ3) is 11.7. The van der Waals surface area contributed by atoms with Crippen LogP contribution in [0.2, 0.25) is 0 Å². The van der Waals surface area contributed by atoms with Crippen LogP contribution in [0, 0.1) is 0 Å². The highest BCUT2D eigenvalue weighted by Crippen LogP contribution is 2.04. The smallest absolute Gasteiger partial charge is 0.326 e. The van der Waals surface area contributed by atoms with Crippen molar-refractivity contribution in [3.8, 4) is 0 Å². The molecule has 0 aromatic heterocycles. The number of carboxylic acids is 3. The van der Waals surface area contributed by atoms with Gasteiger partial charge in [-0.15, -0.1) is 0 Å². The highest BCUT2D eigenvalue weighted by molar-refractivity contribution is 5.95. The Balaban J connectivity index is 5.46. The van der Waals surface area contributed by atoms with E-state index in [4.69, 9.17) is 26.8 Å². The molecule has 0 fully saturated rings. The molecule has 15 heteroatoms. The Labute approximate surface area is 175 Å². The number of hydrogen-bond donors (Lipinski definition) is 8. The molecule has 10 N–H and O–H groups in total. The largest absolute Gasteiger partial charge is 0.481 e. The normalized spacial score (nSPS) is 13.2. The summed E-state index contributed by atoms with van der Waals surface area (Å²) in [5.74, 6) is -8.12. The topological polar surface area (TPSA) is 268 Å². The Morgan fingerprint density at radius 1 is 0.710 bits per heavy atom. The Hall–Kier alpha value is -3.75. The molecule has 3 atom stereocenters. The van der Waals surface area contributed by atoms with Gasteiger partial charge in [0.15, 0.2) is 0 Å². The molecule has 0 heterocycles. The number of carbonyl (C=O) groups excluding carboxylic acids is 4. The fraction of sp³-hybridized carbons (Fsp3) is 0.562. The lowest BCUT2D eigenvalue weighted by Gasteiger charge is -2.23. The lowest BCUT2D eigenvalue weighted by Crippen LogP contribution is -2.56. The second-order valence-electron chi connectivity index (χ2n) is 6.32. The van der Waals surface area contributed by atoms with Crippen molar-refractivity contribution in [3.05, 3.63) is 0 Å². The Morgan fingerprint density at radius 3 is 1.58 bits per heavy atom. The number of nitrogens with two attached hydrogens (primary N) is 2. The number of hydrogen-bond acceptors (Lipinski definition) is 8. The van der Waals surface area contributed by atoms with Crippen LogP contribution >= 0.6 is 0 Å². The Bertz CT molecular complexity index is 726. The van der Waals surface area contributed by atoms with Gasteiger partial charge >= 0.3 is 17.9 Å². The van der Waals surface area contributed by atoms with E-state index in [2.05, 4.69) is 10.6 Å².